The molecule has 4 nitrogen and oxygen atoms in total. The Morgan fingerprint density at radius 1 is 1.38 bits per heavy atom. The lowest BCUT2D eigenvalue weighted by atomic mass is 9.89. The number of hydrogen-bond acceptors (Lipinski definition) is 4. The van der Waals surface area contributed by atoms with Crippen LogP contribution in [0.3, 0.4) is 0 Å². The molecule has 13 heavy (non-hydrogen) atoms. The van der Waals surface area contributed by atoms with Gasteiger partial charge in [0, 0.05) is 6.04 Å². The third kappa shape index (κ3) is 2.08. The molecule has 70 valence electrons. The number of nitrogens with one attached hydrogen (secondary N) is 1. The summed E-state index contributed by atoms with van der Waals surface area (Å²) in [5, 5.41) is 20.1. The maximum Gasteiger partial charge on any atom is 0.151 e. The van der Waals surface area contributed by atoms with Gasteiger partial charge in [0.05, 0.1) is 6.10 Å². The monoisotopic (exact) mass is 199 g/mol. The van der Waals surface area contributed by atoms with Crippen molar-refractivity contribution < 1.29 is 5.11 Å². The Morgan fingerprint density at radius 2 is 2.15 bits per heavy atom. The molecule has 5 heteroatoms. The van der Waals surface area contributed by atoms with Crippen molar-refractivity contribution >= 4 is 17.4 Å². The Bertz CT molecular complexity index is 284. The highest BCUT2D eigenvalue weighted by Crippen LogP contribution is 2.22. The average Bonchev–Trinajstić information content (AvgIpc) is 2.06. The molecule has 2 N–H and O–H groups in total. The first-order valence-corrected chi connectivity index (χ1v) is 4.55. The SMILES string of the molecule is OC1CC(Nc2ccc(Cl)nn2)C1. The van der Waals surface area contributed by atoms with Gasteiger partial charge in [-0.2, -0.15) is 0 Å². The highest BCUT2D eigenvalue weighted by Gasteiger charge is 2.27. The lowest BCUT2D eigenvalue weighted by Gasteiger charge is -2.32. The summed E-state index contributed by atoms with van der Waals surface area (Å²) in [5.41, 5.74) is 0. The van der Waals surface area contributed by atoms with Gasteiger partial charge in [-0.3, -0.25) is 0 Å². The minimum atomic E-state index is -0.155. The van der Waals surface area contributed by atoms with Crippen LogP contribution in [0, 0.1) is 0 Å². The predicted octanol–water partition coefficient (Wildman–Crippen LogP) is 1.07. The van der Waals surface area contributed by atoms with Crippen LogP contribution in [0.15, 0.2) is 12.1 Å². The molecule has 0 unspecified atom stereocenters. The van der Waals surface area contributed by atoms with Gasteiger partial charge in [0.25, 0.3) is 0 Å². The van der Waals surface area contributed by atoms with E-state index < -0.39 is 0 Å². The van der Waals surface area contributed by atoms with E-state index in [0.29, 0.717) is 17.0 Å². The molecule has 0 saturated heterocycles. The van der Waals surface area contributed by atoms with E-state index in [1.807, 2.05) is 0 Å². The Hall–Kier alpha value is -0.870. The number of rotatable bonds is 2. The molecular weight excluding hydrogens is 190 g/mol. The van der Waals surface area contributed by atoms with Crippen LogP contribution < -0.4 is 5.32 Å². The molecule has 1 aliphatic carbocycles. The van der Waals surface area contributed by atoms with Crippen molar-refractivity contribution in [2.75, 3.05) is 5.32 Å². The fraction of sp³-hybridized carbons (Fsp3) is 0.500. The summed E-state index contributed by atoms with van der Waals surface area (Å²) in [6.07, 6.45) is 1.41. The molecule has 2 rings (SSSR count). The molecule has 0 aliphatic heterocycles. The minimum absolute atomic E-state index is 0.155. The number of aromatic nitrogens is 2. The summed E-state index contributed by atoms with van der Waals surface area (Å²) in [6.45, 7) is 0. The molecule has 1 saturated carbocycles. The normalized spacial score (nSPS) is 26.6. The first kappa shape index (κ1) is 8.72. The van der Waals surface area contributed by atoms with Crippen molar-refractivity contribution in [3.05, 3.63) is 17.3 Å². The topological polar surface area (TPSA) is 58.0 Å². The van der Waals surface area contributed by atoms with Crippen molar-refractivity contribution in [2.24, 2.45) is 0 Å². The van der Waals surface area contributed by atoms with Gasteiger partial charge in [-0.15, -0.1) is 10.2 Å². The smallest absolute Gasteiger partial charge is 0.151 e. The van der Waals surface area contributed by atoms with E-state index >= 15 is 0 Å². The Kier molecular flexibility index (Phi) is 2.33. The summed E-state index contributed by atoms with van der Waals surface area (Å²) < 4.78 is 0. The first-order chi connectivity index (χ1) is 6.24. The van der Waals surface area contributed by atoms with Gasteiger partial charge in [0.2, 0.25) is 0 Å². The van der Waals surface area contributed by atoms with Crippen LogP contribution in [0.2, 0.25) is 5.15 Å². The second kappa shape index (κ2) is 3.47. The second-order valence-corrected chi connectivity index (χ2v) is 3.60. The zero-order valence-corrected chi connectivity index (χ0v) is 7.70. The van der Waals surface area contributed by atoms with Crippen LogP contribution >= 0.6 is 11.6 Å². The third-order valence-corrected chi connectivity index (χ3v) is 2.30. The Balaban J connectivity index is 1.91. The van der Waals surface area contributed by atoms with Crippen LogP contribution in [0.4, 0.5) is 5.82 Å². The maximum atomic E-state index is 9.04. The molecular formula is C8H10ClN3O. The predicted molar refractivity (Wildman–Crippen MR) is 49.7 cm³/mol. The standard InChI is InChI=1S/C8H10ClN3O/c9-7-1-2-8(12-11-7)10-5-3-6(13)4-5/h1-2,5-6,13H,3-4H2,(H,10,12). The molecule has 0 bridgehead atoms. The fourth-order valence-electron chi connectivity index (χ4n) is 1.31. The quantitative estimate of drug-likeness (QED) is 0.748. The van der Waals surface area contributed by atoms with Gasteiger partial charge < -0.3 is 10.4 Å². The number of hydrogen-bond donors (Lipinski definition) is 2. The van der Waals surface area contributed by atoms with Gasteiger partial charge in [-0.05, 0) is 25.0 Å². The fourth-order valence-corrected chi connectivity index (χ4v) is 1.41. The molecule has 0 aromatic carbocycles. The van der Waals surface area contributed by atoms with Crippen molar-refractivity contribution in [2.45, 2.75) is 25.0 Å². The Labute approximate surface area is 80.9 Å². The summed E-state index contributed by atoms with van der Waals surface area (Å²) in [4.78, 5) is 0. The first-order valence-electron chi connectivity index (χ1n) is 4.18. The number of aliphatic hydroxyl groups excluding tert-OH is 1. The Morgan fingerprint density at radius 3 is 2.69 bits per heavy atom. The zero-order valence-electron chi connectivity index (χ0n) is 6.94. The largest absolute Gasteiger partial charge is 0.393 e. The zero-order chi connectivity index (χ0) is 9.26. The molecule has 0 spiro atoms. The van der Waals surface area contributed by atoms with E-state index in [1.165, 1.54) is 0 Å². The van der Waals surface area contributed by atoms with E-state index in [9.17, 15) is 0 Å². The highest BCUT2D eigenvalue weighted by atomic mass is 35.5. The number of aliphatic hydroxyl groups is 1. The van der Waals surface area contributed by atoms with E-state index in [0.717, 1.165) is 12.8 Å². The van der Waals surface area contributed by atoms with Crippen molar-refractivity contribution in [1.29, 1.82) is 0 Å². The van der Waals surface area contributed by atoms with Crippen LogP contribution in [-0.4, -0.2) is 27.4 Å². The van der Waals surface area contributed by atoms with Crippen molar-refractivity contribution in [1.82, 2.24) is 10.2 Å². The van der Waals surface area contributed by atoms with Gasteiger partial charge >= 0.3 is 0 Å². The third-order valence-electron chi connectivity index (χ3n) is 2.10. The van der Waals surface area contributed by atoms with Crippen molar-refractivity contribution in [3.63, 3.8) is 0 Å². The summed E-state index contributed by atoms with van der Waals surface area (Å²) >= 11 is 5.58. The van der Waals surface area contributed by atoms with Crippen molar-refractivity contribution in [3.8, 4) is 0 Å². The highest BCUT2D eigenvalue weighted by molar-refractivity contribution is 6.29. The maximum absolute atomic E-state index is 9.04. The molecule has 0 amide bonds. The molecule has 0 radical (unpaired) electrons. The van der Waals surface area contributed by atoms with E-state index in [2.05, 4.69) is 15.5 Å². The number of anilines is 1. The minimum Gasteiger partial charge on any atom is -0.393 e. The van der Waals surface area contributed by atoms with Gasteiger partial charge in [-0.1, -0.05) is 11.6 Å². The lowest BCUT2D eigenvalue weighted by molar-refractivity contribution is 0.0835. The van der Waals surface area contributed by atoms with E-state index in [4.69, 9.17) is 16.7 Å². The molecule has 1 fully saturated rings. The lowest BCUT2D eigenvalue weighted by Crippen LogP contribution is -2.39. The second-order valence-electron chi connectivity index (χ2n) is 3.21. The van der Waals surface area contributed by atoms with Crippen LogP contribution in [0.25, 0.3) is 0 Å². The number of nitrogens with zero attached hydrogens (tertiary/aromatic N) is 2. The van der Waals surface area contributed by atoms with Gasteiger partial charge in [0.1, 0.15) is 5.82 Å². The average molecular weight is 200 g/mol. The van der Waals surface area contributed by atoms with Crippen LogP contribution in [0.1, 0.15) is 12.8 Å². The van der Waals surface area contributed by atoms with Gasteiger partial charge in [0.15, 0.2) is 5.15 Å². The van der Waals surface area contributed by atoms with Gasteiger partial charge in [-0.25, -0.2) is 0 Å². The summed E-state index contributed by atoms with van der Waals surface area (Å²) in [5.74, 6) is 0.710. The molecule has 1 aromatic rings. The van der Waals surface area contributed by atoms with Crippen LogP contribution in [0.5, 0.6) is 0 Å². The van der Waals surface area contributed by atoms with E-state index in [-0.39, 0.29) is 6.10 Å². The summed E-state index contributed by atoms with van der Waals surface area (Å²) in [7, 11) is 0. The molecule has 1 aromatic heterocycles. The number of halogens is 1. The van der Waals surface area contributed by atoms with Crippen LogP contribution in [-0.2, 0) is 0 Å². The molecule has 1 heterocycles. The van der Waals surface area contributed by atoms with E-state index in [1.54, 1.807) is 12.1 Å². The summed E-state index contributed by atoms with van der Waals surface area (Å²) in [6, 6.07) is 3.79. The molecule has 0 atom stereocenters. The molecule has 1 aliphatic rings.